The van der Waals surface area contributed by atoms with Crippen LogP contribution in [-0.4, -0.2) is 37.4 Å². The highest BCUT2D eigenvalue weighted by Gasteiger charge is 2.41. The number of Topliss-reactive ketones (excluding diaryl/α,β-unsaturated/α-hetero) is 1. The highest BCUT2D eigenvalue weighted by molar-refractivity contribution is 5.87. The molecule has 1 aromatic rings. The van der Waals surface area contributed by atoms with Crippen molar-refractivity contribution in [3.8, 4) is 5.75 Å². The summed E-state index contributed by atoms with van der Waals surface area (Å²) in [5.41, 5.74) is 0.849. The van der Waals surface area contributed by atoms with Crippen molar-refractivity contribution in [1.82, 2.24) is 5.32 Å². The number of amides is 1. The molecule has 2 atom stereocenters. The molecule has 2 bridgehead atoms. The quantitative estimate of drug-likeness (QED) is 0.668. The molecular weight excluding hydrogens is 384 g/mol. The van der Waals surface area contributed by atoms with Gasteiger partial charge in [0.05, 0.1) is 5.92 Å². The average Bonchev–Trinajstić information content (AvgIpc) is 2.67. The van der Waals surface area contributed by atoms with E-state index in [-0.39, 0.29) is 35.9 Å². The van der Waals surface area contributed by atoms with E-state index in [0.717, 1.165) is 24.8 Å². The predicted octanol–water partition coefficient (Wildman–Crippen LogP) is 2.89. The lowest BCUT2D eigenvalue weighted by molar-refractivity contribution is -0.156. The zero-order chi connectivity index (χ0) is 20.8. The van der Waals surface area contributed by atoms with Crippen LogP contribution in [0.1, 0.15) is 37.7 Å². The summed E-state index contributed by atoms with van der Waals surface area (Å²) in [6.45, 7) is -2.88. The summed E-state index contributed by atoms with van der Waals surface area (Å²) in [6.07, 6.45) is 4.28. The van der Waals surface area contributed by atoms with E-state index in [1.165, 1.54) is 12.1 Å². The molecule has 6 nitrogen and oxygen atoms in total. The topological polar surface area (TPSA) is 81.7 Å². The molecule has 2 aliphatic rings. The van der Waals surface area contributed by atoms with Crippen molar-refractivity contribution in [2.75, 3.05) is 13.2 Å². The van der Waals surface area contributed by atoms with Crippen LogP contribution in [0.15, 0.2) is 24.3 Å². The predicted molar refractivity (Wildman–Crippen MR) is 99.3 cm³/mol. The van der Waals surface area contributed by atoms with Gasteiger partial charge in [-0.1, -0.05) is 18.6 Å². The molecule has 0 spiro atoms. The van der Waals surface area contributed by atoms with Crippen LogP contribution in [0.25, 0.3) is 0 Å². The minimum Gasteiger partial charge on any atom is -0.455 e. The number of halogens is 2. The Kier molecular flexibility index (Phi) is 7.17. The van der Waals surface area contributed by atoms with Gasteiger partial charge in [-0.2, -0.15) is 8.78 Å². The number of carbonyl (C=O) groups excluding carboxylic acids is 3. The molecule has 1 amide bonds. The Hall–Kier alpha value is -2.51. The van der Waals surface area contributed by atoms with E-state index in [4.69, 9.17) is 4.74 Å². The number of esters is 1. The summed E-state index contributed by atoms with van der Waals surface area (Å²) >= 11 is 0. The summed E-state index contributed by atoms with van der Waals surface area (Å²) < 4.78 is 33.7. The summed E-state index contributed by atoms with van der Waals surface area (Å²) in [5.74, 6) is -0.815. The summed E-state index contributed by atoms with van der Waals surface area (Å²) in [5, 5.41) is 2.66. The van der Waals surface area contributed by atoms with Gasteiger partial charge < -0.3 is 14.8 Å². The van der Waals surface area contributed by atoms with Crippen molar-refractivity contribution >= 4 is 17.7 Å². The number of hydrogen-bond donors (Lipinski definition) is 1. The number of nitrogens with one attached hydrogen (secondary N) is 1. The lowest BCUT2D eigenvalue weighted by atomic mass is 9.67. The third-order valence-corrected chi connectivity index (χ3v) is 5.61. The van der Waals surface area contributed by atoms with Gasteiger partial charge in [0.25, 0.3) is 5.91 Å². The van der Waals surface area contributed by atoms with E-state index in [0.29, 0.717) is 25.8 Å². The van der Waals surface area contributed by atoms with Crippen LogP contribution in [0.2, 0.25) is 0 Å². The van der Waals surface area contributed by atoms with E-state index in [9.17, 15) is 23.2 Å². The number of carbonyl (C=O) groups is 3. The second kappa shape index (κ2) is 9.80. The van der Waals surface area contributed by atoms with E-state index in [2.05, 4.69) is 10.1 Å². The lowest BCUT2D eigenvalue weighted by Crippen LogP contribution is -2.40. The second-order valence-electron chi connectivity index (χ2n) is 7.63. The molecule has 0 aromatic heterocycles. The highest BCUT2D eigenvalue weighted by Crippen LogP contribution is 2.40. The standard InChI is InChI=1S/C21H25F2NO5/c22-21(23)29-17-6-4-13(5-7-17)8-9-24-18(25)12-28-20(27)16-10-14-2-1-3-15(11-16)19(14)26/h4-7,14-16,21H,1-3,8-12H2,(H,24,25). The van der Waals surface area contributed by atoms with Crippen molar-refractivity contribution in [3.05, 3.63) is 29.8 Å². The number of alkyl halides is 2. The molecule has 2 saturated carbocycles. The van der Waals surface area contributed by atoms with Gasteiger partial charge in [0.2, 0.25) is 0 Å². The Labute approximate surface area is 167 Å². The van der Waals surface area contributed by atoms with Crippen molar-refractivity contribution in [3.63, 3.8) is 0 Å². The maximum atomic E-state index is 12.3. The molecule has 1 aromatic carbocycles. The van der Waals surface area contributed by atoms with Gasteiger partial charge in [0.15, 0.2) is 6.61 Å². The zero-order valence-corrected chi connectivity index (χ0v) is 16.1. The fraction of sp³-hybridized carbons (Fsp3) is 0.571. The van der Waals surface area contributed by atoms with Crippen molar-refractivity contribution < 1.29 is 32.6 Å². The van der Waals surface area contributed by atoms with Gasteiger partial charge in [-0.05, 0) is 49.8 Å². The van der Waals surface area contributed by atoms with Crippen LogP contribution in [0.4, 0.5) is 8.78 Å². The van der Waals surface area contributed by atoms with E-state index >= 15 is 0 Å². The minimum atomic E-state index is -2.86. The Balaban J connectivity index is 1.34. The lowest BCUT2D eigenvalue weighted by Gasteiger charge is -2.36. The molecule has 29 heavy (non-hydrogen) atoms. The van der Waals surface area contributed by atoms with Crippen molar-refractivity contribution in [1.29, 1.82) is 0 Å². The SMILES string of the molecule is O=C(COC(=O)C1CC2CCCC(C1)C2=O)NCCc1ccc(OC(F)F)cc1. The van der Waals surface area contributed by atoms with Gasteiger partial charge in [0, 0.05) is 18.4 Å². The first kappa shape index (κ1) is 21.2. The molecule has 1 N–H and O–H groups in total. The van der Waals surface area contributed by atoms with Gasteiger partial charge >= 0.3 is 12.6 Å². The Morgan fingerprint density at radius 1 is 1.10 bits per heavy atom. The van der Waals surface area contributed by atoms with Crippen LogP contribution in [-0.2, 0) is 25.5 Å². The number of fused-ring (bicyclic) bond motifs is 2. The number of ether oxygens (including phenoxy) is 2. The maximum Gasteiger partial charge on any atom is 0.387 e. The molecule has 0 saturated heterocycles. The zero-order valence-electron chi connectivity index (χ0n) is 16.1. The van der Waals surface area contributed by atoms with Crippen molar-refractivity contribution in [2.45, 2.75) is 45.1 Å². The van der Waals surface area contributed by atoms with Gasteiger partial charge in [0.1, 0.15) is 11.5 Å². The molecule has 2 unspecified atom stereocenters. The molecule has 0 heterocycles. The summed E-state index contributed by atoms with van der Waals surface area (Å²) in [6, 6.07) is 6.17. The minimum absolute atomic E-state index is 0.0358. The molecule has 0 aliphatic heterocycles. The van der Waals surface area contributed by atoms with E-state index in [1.807, 2.05) is 0 Å². The first-order valence-electron chi connectivity index (χ1n) is 9.93. The summed E-state index contributed by atoms with van der Waals surface area (Å²) in [4.78, 5) is 36.2. The normalized spacial score (nSPS) is 23.6. The third kappa shape index (κ3) is 5.98. The molecule has 2 fully saturated rings. The van der Waals surface area contributed by atoms with E-state index in [1.54, 1.807) is 12.1 Å². The maximum absolute atomic E-state index is 12.3. The van der Waals surface area contributed by atoms with Gasteiger partial charge in [-0.3, -0.25) is 14.4 Å². The number of rotatable bonds is 8. The van der Waals surface area contributed by atoms with Gasteiger partial charge in [-0.15, -0.1) is 0 Å². The first-order chi connectivity index (χ1) is 13.9. The Morgan fingerprint density at radius 2 is 1.76 bits per heavy atom. The number of ketones is 1. The molecule has 2 aliphatic carbocycles. The monoisotopic (exact) mass is 409 g/mol. The smallest absolute Gasteiger partial charge is 0.387 e. The fourth-order valence-electron chi connectivity index (χ4n) is 4.16. The molecule has 8 heteroatoms. The highest BCUT2D eigenvalue weighted by atomic mass is 19.3. The largest absolute Gasteiger partial charge is 0.455 e. The van der Waals surface area contributed by atoms with Crippen molar-refractivity contribution in [2.24, 2.45) is 17.8 Å². The second-order valence-corrected chi connectivity index (χ2v) is 7.63. The molecule has 3 rings (SSSR count). The third-order valence-electron chi connectivity index (χ3n) is 5.61. The van der Waals surface area contributed by atoms with Crippen LogP contribution in [0.3, 0.4) is 0 Å². The Morgan fingerprint density at radius 3 is 2.38 bits per heavy atom. The number of benzene rings is 1. The van der Waals surface area contributed by atoms with Crippen LogP contribution in [0, 0.1) is 17.8 Å². The first-order valence-corrected chi connectivity index (χ1v) is 9.93. The molecular formula is C21H25F2NO5. The number of hydrogen-bond acceptors (Lipinski definition) is 5. The van der Waals surface area contributed by atoms with Crippen LogP contribution in [0.5, 0.6) is 5.75 Å². The van der Waals surface area contributed by atoms with Crippen LogP contribution >= 0.6 is 0 Å². The van der Waals surface area contributed by atoms with Gasteiger partial charge in [-0.25, -0.2) is 0 Å². The van der Waals surface area contributed by atoms with E-state index < -0.39 is 18.5 Å². The Bertz CT molecular complexity index is 721. The fourth-order valence-corrected chi connectivity index (χ4v) is 4.16. The van der Waals surface area contributed by atoms with Crippen LogP contribution < -0.4 is 10.1 Å². The summed E-state index contributed by atoms with van der Waals surface area (Å²) in [7, 11) is 0. The molecule has 158 valence electrons. The average molecular weight is 409 g/mol. The molecule has 0 radical (unpaired) electrons.